The van der Waals surface area contributed by atoms with E-state index in [1.807, 2.05) is 6.07 Å². The predicted molar refractivity (Wildman–Crippen MR) is 97.3 cm³/mol. The molecule has 0 bridgehead atoms. The molecule has 1 nitrogen and oxygen atoms in total. The highest BCUT2D eigenvalue weighted by Gasteiger charge is 2.40. The molecule has 0 N–H and O–H groups in total. The molecule has 2 heteroatoms. The van der Waals surface area contributed by atoms with Crippen LogP contribution < -0.4 is 10.0 Å². The number of benzene rings is 2. The van der Waals surface area contributed by atoms with Crippen LogP contribution in [-0.2, 0) is 0 Å². The Kier molecular flexibility index (Phi) is 4.36. The maximum atomic E-state index is 6.26. The number of hydrogen-bond acceptors (Lipinski definition) is 1. The van der Waals surface area contributed by atoms with Gasteiger partial charge in [0.05, 0.1) is 0 Å². The molecule has 22 heavy (non-hydrogen) atoms. The summed E-state index contributed by atoms with van der Waals surface area (Å²) in [4.78, 5) is 0. The lowest BCUT2D eigenvalue weighted by molar-refractivity contribution is 0.296. The van der Waals surface area contributed by atoms with Gasteiger partial charge in [0.1, 0.15) is 11.6 Å². The van der Waals surface area contributed by atoms with Gasteiger partial charge in [-0.3, -0.25) is 0 Å². The van der Waals surface area contributed by atoms with Gasteiger partial charge in [-0.05, 0) is 24.7 Å². The zero-order valence-corrected chi connectivity index (χ0v) is 14.4. The highest BCUT2D eigenvalue weighted by atomic mass is 31.1. The fourth-order valence-electron chi connectivity index (χ4n) is 2.94. The molecule has 1 aliphatic rings. The molecule has 0 aliphatic carbocycles. The summed E-state index contributed by atoms with van der Waals surface area (Å²) in [7, 11) is -0.319. The fraction of sp³-hybridized carbons (Fsp3) is 0.300. The van der Waals surface area contributed by atoms with E-state index in [1.165, 1.54) is 10.9 Å². The Balaban J connectivity index is 1.78. The Morgan fingerprint density at radius 1 is 1.00 bits per heavy atom. The van der Waals surface area contributed by atoms with E-state index in [-0.39, 0.29) is 18.9 Å². The quantitative estimate of drug-likeness (QED) is 0.688. The molecule has 1 heterocycles. The van der Waals surface area contributed by atoms with E-state index in [1.54, 1.807) is 0 Å². The molecular formula is C20H23OP. The third kappa shape index (κ3) is 3.25. The summed E-state index contributed by atoms with van der Waals surface area (Å²) in [5.41, 5.74) is 1.25. The fourth-order valence-corrected chi connectivity index (χ4v) is 6.00. The van der Waals surface area contributed by atoms with Gasteiger partial charge in [-0.25, -0.2) is 0 Å². The van der Waals surface area contributed by atoms with Crippen LogP contribution in [0.2, 0.25) is 0 Å². The molecule has 2 aromatic rings. The van der Waals surface area contributed by atoms with Crippen LogP contribution in [0.4, 0.5) is 0 Å². The van der Waals surface area contributed by atoms with Crippen molar-refractivity contribution in [2.45, 2.75) is 38.2 Å². The van der Waals surface area contributed by atoms with Gasteiger partial charge in [-0.2, -0.15) is 0 Å². The minimum atomic E-state index is -0.319. The van der Waals surface area contributed by atoms with Crippen molar-refractivity contribution < 1.29 is 4.74 Å². The molecule has 0 aromatic heterocycles. The van der Waals surface area contributed by atoms with Crippen LogP contribution in [0.15, 0.2) is 60.7 Å². The first-order chi connectivity index (χ1) is 10.6. The van der Waals surface area contributed by atoms with Crippen molar-refractivity contribution in [2.75, 3.05) is 0 Å². The third-order valence-electron chi connectivity index (χ3n) is 3.85. The summed E-state index contributed by atoms with van der Waals surface area (Å²) in [5, 5.41) is 1.68. The molecule has 1 unspecified atom stereocenters. The summed E-state index contributed by atoms with van der Waals surface area (Å²) < 4.78 is 6.26. The molecule has 0 amide bonds. The first-order valence-corrected chi connectivity index (χ1v) is 9.23. The molecule has 3 rings (SSSR count). The Morgan fingerprint density at radius 2 is 1.68 bits per heavy atom. The lowest BCUT2D eigenvalue weighted by atomic mass is 10.2. The van der Waals surface area contributed by atoms with Crippen molar-refractivity contribution in [1.29, 1.82) is 0 Å². The van der Waals surface area contributed by atoms with Crippen molar-refractivity contribution in [3.05, 3.63) is 66.2 Å². The van der Waals surface area contributed by atoms with Gasteiger partial charge < -0.3 is 4.74 Å². The van der Waals surface area contributed by atoms with Gasteiger partial charge in [-0.15, -0.1) is 0 Å². The van der Waals surface area contributed by atoms with E-state index in [9.17, 15) is 0 Å². The number of rotatable bonds is 3. The lowest BCUT2D eigenvalue weighted by Crippen LogP contribution is -2.23. The second-order valence-electron chi connectivity index (χ2n) is 6.63. The zero-order chi connectivity index (χ0) is 15.6. The van der Waals surface area contributed by atoms with Crippen LogP contribution in [0.1, 0.15) is 32.8 Å². The standard InChI is InChI=1S/C20H23OP/c1-20(2,3)22-18-14-8-7-13-17(18)21-19(22)15-9-12-16-10-5-4-6-11-16/h4-14,19H,15H2,1-3H3/b12-9-/t19-,22?/m1/s1. The van der Waals surface area contributed by atoms with Gasteiger partial charge in [0.25, 0.3) is 0 Å². The summed E-state index contributed by atoms with van der Waals surface area (Å²) in [6, 6.07) is 19.0. The van der Waals surface area contributed by atoms with Crippen LogP contribution in [0, 0.1) is 0 Å². The smallest absolute Gasteiger partial charge is 0.128 e. The average molecular weight is 310 g/mol. The summed E-state index contributed by atoms with van der Waals surface area (Å²) in [6.45, 7) is 6.99. The summed E-state index contributed by atoms with van der Waals surface area (Å²) >= 11 is 0. The second kappa shape index (κ2) is 6.26. The minimum absolute atomic E-state index is 0.257. The van der Waals surface area contributed by atoms with Crippen LogP contribution in [0.5, 0.6) is 5.75 Å². The molecule has 0 saturated heterocycles. The molecular weight excluding hydrogens is 287 g/mol. The molecule has 0 saturated carbocycles. The molecule has 114 valence electrons. The summed E-state index contributed by atoms with van der Waals surface area (Å²) in [6.07, 6.45) is 5.42. The normalized spacial score (nSPS) is 20.9. The highest BCUT2D eigenvalue weighted by Crippen LogP contribution is 2.59. The molecule has 0 fully saturated rings. The van der Waals surface area contributed by atoms with Crippen molar-refractivity contribution >= 4 is 19.3 Å². The SMILES string of the molecule is CC(C)(C)P1c2ccccc2O[C@H]1C/C=C\c1ccccc1. The number of ether oxygens (including phenoxy) is 1. The number of para-hydroxylation sites is 1. The molecule has 1 aliphatic heterocycles. The summed E-state index contributed by atoms with van der Waals surface area (Å²) in [5.74, 6) is 1.37. The monoisotopic (exact) mass is 310 g/mol. The van der Waals surface area contributed by atoms with E-state index < -0.39 is 0 Å². The van der Waals surface area contributed by atoms with E-state index in [0.29, 0.717) is 0 Å². The first-order valence-electron chi connectivity index (χ1n) is 7.82. The Labute approximate surface area is 134 Å². The van der Waals surface area contributed by atoms with Gasteiger partial charge in [0, 0.05) is 11.7 Å². The number of hydrogen-bond donors (Lipinski definition) is 0. The number of fused-ring (bicyclic) bond motifs is 1. The minimum Gasteiger partial charge on any atom is -0.485 e. The average Bonchev–Trinajstić information content (AvgIpc) is 2.86. The van der Waals surface area contributed by atoms with Crippen molar-refractivity contribution in [3.63, 3.8) is 0 Å². The Hall–Kier alpha value is -1.59. The van der Waals surface area contributed by atoms with Gasteiger partial charge in [0.2, 0.25) is 0 Å². The largest absolute Gasteiger partial charge is 0.485 e. The maximum absolute atomic E-state index is 6.26. The molecule has 0 radical (unpaired) electrons. The van der Waals surface area contributed by atoms with Crippen LogP contribution >= 0.6 is 7.92 Å². The van der Waals surface area contributed by atoms with Gasteiger partial charge in [0.15, 0.2) is 0 Å². The van der Waals surface area contributed by atoms with E-state index >= 15 is 0 Å². The van der Waals surface area contributed by atoms with Crippen LogP contribution in [-0.4, -0.2) is 11.0 Å². The molecule has 0 spiro atoms. The van der Waals surface area contributed by atoms with Crippen LogP contribution in [0.3, 0.4) is 0 Å². The second-order valence-corrected chi connectivity index (χ2v) is 9.77. The predicted octanol–water partition coefficient (Wildman–Crippen LogP) is 5.41. The van der Waals surface area contributed by atoms with E-state index in [0.717, 1.165) is 12.2 Å². The zero-order valence-electron chi connectivity index (χ0n) is 13.5. The Morgan fingerprint density at radius 3 is 2.41 bits per heavy atom. The van der Waals surface area contributed by atoms with Crippen molar-refractivity contribution in [1.82, 2.24) is 0 Å². The van der Waals surface area contributed by atoms with E-state index in [4.69, 9.17) is 4.74 Å². The third-order valence-corrected chi connectivity index (χ3v) is 7.07. The first kappa shape index (κ1) is 15.3. The molecule has 2 aromatic carbocycles. The lowest BCUT2D eigenvalue weighted by Gasteiger charge is -2.31. The van der Waals surface area contributed by atoms with Crippen LogP contribution in [0.25, 0.3) is 6.08 Å². The van der Waals surface area contributed by atoms with Crippen molar-refractivity contribution in [3.8, 4) is 5.75 Å². The Bertz CT molecular complexity index is 655. The topological polar surface area (TPSA) is 9.23 Å². The van der Waals surface area contributed by atoms with Gasteiger partial charge in [-0.1, -0.05) is 81.5 Å². The molecule has 2 atom stereocenters. The van der Waals surface area contributed by atoms with E-state index in [2.05, 4.69) is 81.5 Å². The highest BCUT2D eigenvalue weighted by molar-refractivity contribution is 7.68. The van der Waals surface area contributed by atoms with Crippen molar-refractivity contribution in [2.24, 2.45) is 0 Å². The van der Waals surface area contributed by atoms with Gasteiger partial charge >= 0.3 is 0 Å². The maximum Gasteiger partial charge on any atom is 0.128 e.